The van der Waals surface area contributed by atoms with Gasteiger partial charge in [-0.1, -0.05) is 125 Å². The van der Waals surface area contributed by atoms with Crippen molar-refractivity contribution in [2.45, 2.75) is 71.5 Å². The van der Waals surface area contributed by atoms with Crippen LogP contribution in [0.3, 0.4) is 0 Å². The Labute approximate surface area is 264 Å². The summed E-state index contributed by atoms with van der Waals surface area (Å²) < 4.78 is 0. The van der Waals surface area contributed by atoms with E-state index in [9.17, 15) is 9.59 Å². The highest BCUT2D eigenvalue weighted by atomic mass is 16.2. The molecule has 6 nitrogen and oxygen atoms in total. The average Bonchev–Trinajstić information content (AvgIpc) is 3.24. The minimum Gasteiger partial charge on any atom is -0.350 e. The van der Waals surface area contributed by atoms with Crippen molar-refractivity contribution >= 4 is 22.6 Å². The lowest BCUT2D eigenvalue weighted by molar-refractivity contribution is -0.134. The van der Waals surface area contributed by atoms with Crippen LogP contribution in [0.5, 0.6) is 0 Å². The zero-order valence-corrected chi connectivity index (χ0v) is 26.8. The fourth-order valence-electron chi connectivity index (χ4n) is 5.63. The number of carbonyl (C=O) groups excluding carboxylic acids is 2. The Bertz CT molecular complexity index is 1370. The summed E-state index contributed by atoms with van der Waals surface area (Å²) in [6.07, 6.45) is 3.17. The number of benzene rings is 4. The Balaban J connectivity index is 0.00000127. The summed E-state index contributed by atoms with van der Waals surface area (Å²) in [6, 6.07) is 33.7. The zero-order valence-electron chi connectivity index (χ0n) is 26.8. The van der Waals surface area contributed by atoms with Gasteiger partial charge in [0.2, 0.25) is 5.91 Å². The van der Waals surface area contributed by atoms with Crippen LogP contribution in [0.1, 0.15) is 80.9 Å². The van der Waals surface area contributed by atoms with E-state index in [1.54, 1.807) is 0 Å². The number of nitrogens with one attached hydrogen (secondary N) is 2. The number of carbonyl (C=O) groups is 2. The van der Waals surface area contributed by atoms with E-state index < -0.39 is 0 Å². The molecule has 2 amide bonds. The summed E-state index contributed by atoms with van der Waals surface area (Å²) in [5.74, 6) is -0.0100. The first-order valence-corrected chi connectivity index (χ1v) is 16.3. The van der Waals surface area contributed by atoms with E-state index in [2.05, 4.69) is 34.9 Å². The van der Waals surface area contributed by atoms with Gasteiger partial charge < -0.3 is 21.3 Å². The molecule has 0 saturated carbocycles. The number of fused-ring (bicyclic) bond motifs is 1. The van der Waals surface area contributed by atoms with Gasteiger partial charge in [-0.05, 0) is 59.8 Å². The van der Waals surface area contributed by atoms with Gasteiger partial charge in [0.25, 0.3) is 5.91 Å². The molecule has 44 heavy (non-hydrogen) atoms. The van der Waals surface area contributed by atoms with Crippen molar-refractivity contribution in [1.29, 1.82) is 0 Å². The number of unbranched alkanes of at least 4 members (excludes halogenated alkanes) is 1. The fourth-order valence-corrected chi connectivity index (χ4v) is 5.63. The van der Waals surface area contributed by atoms with Gasteiger partial charge in [-0.15, -0.1) is 0 Å². The third-order valence-electron chi connectivity index (χ3n) is 7.75. The van der Waals surface area contributed by atoms with Crippen LogP contribution in [0.2, 0.25) is 0 Å². The van der Waals surface area contributed by atoms with Crippen LogP contribution in [0.25, 0.3) is 10.8 Å². The molecule has 1 aliphatic heterocycles. The zero-order chi connectivity index (χ0) is 31.7. The first kappa shape index (κ1) is 34.5. The number of hydrogen-bond donors (Lipinski definition) is 3. The number of nitrogens with two attached hydrogens (primary N) is 1. The third-order valence-corrected chi connectivity index (χ3v) is 7.75. The van der Waals surface area contributed by atoms with Crippen molar-refractivity contribution in [3.63, 3.8) is 0 Å². The van der Waals surface area contributed by atoms with Crippen molar-refractivity contribution in [1.82, 2.24) is 15.5 Å². The molecular formula is C38H50N4O2. The molecule has 234 valence electrons. The van der Waals surface area contributed by atoms with Crippen molar-refractivity contribution in [2.75, 3.05) is 19.6 Å². The van der Waals surface area contributed by atoms with Crippen LogP contribution in [-0.4, -0.2) is 48.4 Å². The lowest BCUT2D eigenvalue weighted by Crippen LogP contribution is -2.49. The molecule has 0 radical (unpaired) electrons. The molecule has 4 N–H and O–H groups in total. The summed E-state index contributed by atoms with van der Waals surface area (Å²) >= 11 is 0. The molecule has 2 unspecified atom stereocenters. The van der Waals surface area contributed by atoms with Gasteiger partial charge in [0.1, 0.15) is 0 Å². The van der Waals surface area contributed by atoms with Crippen molar-refractivity contribution in [2.24, 2.45) is 5.73 Å². The predicted molar refractivity (Wildman–Crippen MR) is 184 cm³/mol. The molecule has 0 bridgehead atoms. The monoisotopic (exact) mass is 594 g/mol. The molecule has 1 heterocycles. The largest absolute Gasteiger partial charge is 0.350 e. The van der Waals surface area contributed by atoms with Gasteiger partial charge in [-0.2, -0.15) is 0 Å². The van der Waals surface area contributed by atoms with Crippen LogP contribution >= 0.6 is 0 Å². The minimum atomic E-state index is -0.341. The smallest absolute Gasteiger partial charge is 0.251 e. The quantitative estimate of drug-likeness (QED) is 0.171. The van der Waals surface area contributed by atoms with Crippen LogP contribution in [0, 0.1) is 0 Å². The molecule has 2 atom stereocenters. The van der Waals surface area contributed by atoms with Crippen LogP contribution in [0.15, 0.2) is 103 Å². The summed E-state index contributed by atoms with van der Waals surface area (Å²) in [5, 5.41) is 8.87. The normalized spacial score (nSPS) is 16.3. The highest BCUT2D eigenvalue weighted by molar-refractivity contribution is 5.98. The number of nitrogens with zero attached hydrogens (tertiary/aromatic N) is 1. The van der Waals surface area contributed by atoms with Crippen LogP contribution in [0.4, 0.5) is 0 Å². The molecule has 1 fully saturated rings. The van der Waals surface area contributed by atoms with Gasteiger partial charge in [-0.3, -0.25) is 9.59 Å². The highest BCUT2D eigenvalue weighted by Crippen LogP contribution is 2.31. The van der Waals surface area contributed by atoms with E-state index >= 15 is 0 Å². The van der Waals surface area contributed by atoms with Crippen LogP contribution in [-0.2, 0) is 4.79 Å². The Morgan fingerprint density at radius 1 is 0.841 bits per heavy atom. The van der Waals surface area contributed by atoms with Crippen LogP contribution < -0.4 is 16.4 Å². The second-order valence-corrected chi connectivity index (χ2v) is 10.5. The van der Waals surface area contributed by atoms with Gasteiger partial charge in [-0.25, -0.2) is 0 Å². The predicted octanol–water partition coefficient (Wildman–Crippen LogP) is 7.10. The molecule has 4 aromatic rings. The molecular weight excluding hydrogens is 544 g/mol. The molecule has 1 aliphatic rings. The van der Waals surface area contributed by atoms with E-state index in [-0.39, 0.29) is 29.9 Å². The maximum atomic E-state index is 14.1. The van der Waals surface area contributed by atoms with E-state index in [0.717, 1.165) is 41.2 Å². The maximum Gasteiger partial charge on any atom is 0.251 e. The number of rotatable bonds is 10. The first-order valence-electron chi connectivity index (χ1n) is 16.3. The van der Waals surface area contributed by atoms with E-state index in [1.807, 2.05) is 111 Å². The summed E-state index contributed by atoms with van der Waals surface area (Å²) in [4.78, 5) is 29.2. The van der Waals surface area contributed by atoms with Crippen molar-refractivity contribution in [3.8, 4) is 0 Å². The molecule has 5 rings (SSSR count). The minimum absolute atomic E-state index is 0.0339. The van der Waals surface area contributed by atoms with Gasteiger partial charge in [0.15, 0.2) is 0 Å². The second-order valence-electron chi connectivity index (χ2n) is 10.5. The summed E-state index contributed by atoms with van der Waals surface area (Å²) in [7, 11) is 0. The van der Waals surface area contributed by atoms with Crippen molar-refractivity contribution < 1.29 is 9.59 Å². The van der Waals surface area contributed by atoms with E-state index in [4.69, 9.17) is 5.73 Å². The highest BCUT2D eigenvalue weighted by Gasteiger charge is 2.35. The standard InChI is InChI=1S/C34H38N4O2.2C2H6/c35-21-10-9-17-31-34(40)38(32(26-12-3-1-4-13-26)27-14-5-2-6-15-27)22-20-30(37-31)24-36-33(39)29-19-18-25-11-7-8-16-28(25)23-29;2*1-2/h1-8,11-16,18-19,23,30-32,37H,9-10,17,20-22,24,35H2,(H,36,39);2*1-2H3. The topological polar surface area (TPSA) is 87.5 Å². The molecule has 4 aromatic carbocycles. The lowest BCUT2D eigenvalue weighted by atomic mass is 9.96. The molecule has 1 saturated heterocycles. The third kappa shape index (κ3) is 9.25. The first-order chi connectivity index (χ1) is 21.6. The molecule has 0 aliphatic carbocycles. The number of hydrogen-bond acceptors (Lipinski definition) is 4. The van der Waals surface area contributed by atoms with Crippen molar-refractivity contribution in [3.05, 3.63) is 120 Å². The summed E-state index contributed by atoms with van der Waals surface area (Å²) in [6.45, 7) is 9.64. The maximum absolute atomic E-state index is 14.1. The number of amides is 2. The molecule has 0 aromatic heterocycles. The SMILES string of the molecule is CC.CC.NCCCCC1NC(CNC(=O)c2ccc3ccccc3c2)CCN(C(c2ccccc2)c2ccccc2)C1=O. The Morgan fingerprint density at radius 2 is 1.43 bits per heavy atom. The van der Waals surface area contributed by atoms with Gasteiger partial charge in [0.05, 0.1) is 12.1 Å². The second kappa shape index (κ2) is 18.6. The lowest BCUT2D eigenvalue weighted by Gasteiger charge is -2.33. The Kier molecular flexibility index (Phi) is 14.6. The van der Waals surface area contributed by atoms with E-state index in [1.165, 1.54) is 0 Å². The van der Waals surface area contributed by atoms with E-state index in [0.29, 0.717) is 31.6 Å². The molecule has 6 heteroatoms. The molecule has 0 spiro atoms. The Hall–Kier alpha value is -4.00. The van der Waals surface area contributed by atoms with Gasteiger partial charge >= 0.3 is 0 Å². The fraction of sp³-hybridized carbons (Fsp3) is 0.368. The van der Waals surface area contributed by atoms with Gasteiger partial charge in [0, 0.05) is 24.7 Å². The Morgan fingerprint density at radius 3 is 2.05 bits per heavy atom. The summed E-state index contributed by atoms with van der Waals surface area (Å²) in [5.41, 5.74) is 8.59. The average molecular weight is 595 g/mol.